The first kappa shape index (κ1) is 15.8. The number of hydrogen-bond acceptors (Lipinski definition) is 3. The topological polar surface area (TPSA) is 62.9 Å². The second-order valence-corrected chi connectivity index (χ2v) is 5.42. The van der Waals surface area contributed by atoms with E-state index in [1.807, 2.05) is 12.1 Å². The molecule has 3 N–H and O–H groups in total. The molecule has 1 aliphatic rings. The van der Waals surface area contributed by atoms with Crippen molar-refractivity contribution in [1.82, 2.24) is 4.90 Å². The van der Waals surface area contributed by atoms with E-state index in [1.165, 1.54) is 5.56 Å². The molecule has 0 spiro atoms. The maximum absolute atomic E-state index is 5.89. The minimum absolute atomic E-state index is 0.493. The van der Waals surface area contributed by atoms with Gasteiger partial charge in [0.05, 0.1) is 13.2 Å². The van der Waals surface area contributed by atoms with Crippen LogP contribution in [0.5, 0.6) is 0 Å². The van der Waals surface area contributed by atoms with Gasteiger partial charge in [0.25, 0.3) is 0 Å². The molecule has 21 heavy (non-hydrogen) atoms. The summed E-state index contributed by atoms with van der Waals surface area (Å²) in [7, 11) is 0. The van der Waals surface area contributed by atoms with Crippen LogP contribution in [0.4, 0.5) is 5.69 Å². The van der Waals surface area contributed by atoms with Gasteiger partial charge in [-0.15, -0.1) is 0 Å². The SMILES string of the molecule is Cc1cccc(NC(N)=NCCCCN2CCOCC2)c1. The standard InChI is InChI=1S/C16H26N4O/c1-14-5-4-6-15(13-14)19-16(17)18-7-2-3-8-20-9-11-21-12-10-20/h4-6,13H,2-3,7-12H2,1H3,(H3,17,18,19). The average Bonchev–Trinajstić information content (AvgIpc) is 2.48. The second kappa shape index (κ2) is 8.64. The van der Waals surface area contributed by atoms with E-state index in [4.69, 9.17) is 10.5 Å². The Hall–Kier alpha value is -1.59. The summed E-state index contributed by atoms with van der Waals surface area (Å²) in [6.07, 6.45) is 2.22. The maximum atomic E-state index is 5.89. The summed E-state index contributed by atoms with van der Waals surface area (Å²) in [6, 6.07) is 8.12. The molecule has 1 saturated heterocycles. The summed E-state index contributed by atoms with van der Waals surface area (Å²) in [5, 5.41) is 3.12. The lowest BCUT2D eigenvalue weighted by Crippen LogP contribution is -2.36. The fourth-order valence-corrected chi connectivity index (χ4v) is 2.38. The minimum Gasteiger partial charge on any atom is -0.379 e. The lowest BCUT2D eigenvalue weighted by Gasteiger charge is -2.26. The van der Waals surface area contributed by atoms with Crippen LogP contribution in [0.2, 0.25) is 0 Å². The summed E-state index contributed by atoms with van der Waals surface area (Å²) >= 11 is 0. The van der Waals surface area contributed by atoms with E-state index in [0.29, 0.717) is 5.96 Å². The van der Waals surface area contributed by atoms with Crippen molar-refractivity contribution in [2.75, 3.05) is 44.7 Å². The van der Waals surface area contributed by atoms with E-state index in [1.54, 1.807) is 0 Å². The van der Waals surface area contributed by atoms with Crippen molar-refractivity contribution in [1.29, 1.82) is 0 Å². The molecule has 1 aliphatic heterocycles. The Labute approximate surface area is 127 Å². The van der Waals surface area contributed by atoms with Gasteiger partial charge < -0.3 is 15.8 Å². The van der Waals surface area contributed by atoms with Crippen molar-refractivity contribution in [3.8, 4) is 0 Å². The minimum atomic E-state index is 0.493. The monoisotopic (exact) mass is 290 g/mol. The molecular formula is C16H26N4O. The largest absolute Gasteiger partial charge is 0.379 e. The molecule has 0 radical (unpaired) electrons. The number of rotatable bonds is 6. The summed E-state index contributed by atoms with van der Waals surface area (Å²) in [5.74, 6) is 0.493. The van der Waals surface area contributed by atoms with Crippen LogP contribution in [0.3, 0.4) is 0 Å². The smallest absolute Gasteiger partial charge is 0.193 e. The zero-order chi connectivity index (χ0) is 14.9. The van der Waals surface area contributed by atoms with Gasteiger partial charge in [-0.3, -0.25) is 9.89 Å². The van der Waals surface area contributed by atoms with E-state index in [2.05, 4.69) is 34.3 Å². The van der Waals surface area contributed by atoms with Gasteiger partial charge >= 0.3 is 0 Å². The quantitative estimate of drug-likeness (QED) is 0.477. The first-order chi connectivity index (χ1) is 10.2. The molecule has 5 nitrogen and oxygen atoms in total. The van der Waals surface area contributed by atoms with Gasteiger partial charge in [-0.1, -0.05) is 12.1 Å². The van der Waals surface area contributed by atoms with E-state index in [0.717, 1.165) is 57.9 Å². The van der Waals surface area contributed by atoms with Crippen molar-refractivity contribution in [2.45, 2.75) is 19.8 Å². The van der Waals surface area contributed by atoms with E-state index in [9.17, 15) is 0 Å². The van der Waals surface area contributed by atoms with E-state index >= 15 is 0 Å². The summed E-state index contributed by atoms with van der Waals surface area (Å²) < 4.78 is 5.34. The Morgan fingerprint density at radius 3 is 2.90 bits per heavy atom. The molecule has 2 rings (SSSR count). The van der Waals surface area contributed by atoms with Gasteiger partial charge in [0.15, 0.2) is 5.96 Å². The number of hydrogen-bond donors (Lipinski definition) is 2. The van der Waals surface area contributed by atoms with Crippen LogP contribution in [0.25, 0.3) is 0 Å². The van der Waals surface area contributed by atoms with Gasteiger partial charge in [-0.25, -0.2) is 0 Å². The second-order valence-electron chi connectivity index (χ2n) is 5.42. The highest BCUT2D eigenvalue weighted by Crippen LogP contribution is 2.08. The summed E-state index contributed by atoms with van der Waals surface area (Å²) in [6.45, 7) is 7.81. The van der Waals surface area contributed by atoms with Crippen molar-refractivity contribution >= 4 is 11.6 Å². The van der Waals surface area contributed by atoms with Crippen molar-refractivity contribution in [3.63, 3.8) is 0 Å². The Balaban J connectivity index is 1.62. The Morgan fingerprint density at radius 2 is 2.14 bits per heavy atom. The van der Waals surface area contributed by atoms with Crippen LogP contribution in [-0.2, 0) is 4.74 Å². The van der Waals surface area contributed by atoms with E-state index < -0.39 is 0 Å². The molecule has 0 bridgehead atoms. The van der Waals surface area contributed by atoms with Crippen molar-refractivity contribution in [2.24, 2.45) is 10.7 Å². The molecular weight excluding hydrogens is 264 g/mol. The fourth-order valence-electron chi connectivity index (χ4n) is 2.38. The molecule has 0 unspecified atom stereocenters. The van der Waals surface area contributed by atoms with Gasteiger partial charge in [0.2, 0.25) is 0 Å². The highest BCUT2D eigenvalue weighted by molar-refractivity contribution is 5.92. The first-order valence-corrected chi connectivity index (χ1v) is 7.68. The van der Waals surface area contributed by atoms with Gasteiger partial charge in [0, 0.05) is 25.3 Å². The van der Waals surface area contributed by atoms with Gasteiger partial charge in [0.1, 0.15) is 0 Å². The lowest BCUT2D eigenvalue weighted by molar-refractivity contribution is 0.0373. The molecule has 1 aromatic rings. The van der Waals surface area contributed by atoms with Crippen molar-refractivity contribution in [3.05, 3.63) is 29.8 Å². The number of aliphatic imine (C=N–C) groups is 1. The van der Waals surface area contributed by atoms with Crippen LogP contribution in [0.15, 0.2) is 29.3 Å². The number of nitrogens with zero attached hydrogens (tertiary/aromatic N) is 2. The zero-order valence-corrected chi connectivity index (χ0v) is 12.8. The number of nitrogens with two attached hydrogens (primary N) is 1. The predicted octanol–water partition coefficient (Wildman–Crippen LogP) is 1.83. The molecule has 0 saturated carbocycles. The third-order valence-electron chi connectivity index (χ3n) is 3.56. The summed E-state index contributed by atoms with van der Waals surface area (Å²) in [5.41, 5.74) is 8.09. The van der Waals surface area contributed by atoms with Gasteiger partial charge in [-0.05, 0) is 44.0 Å². The van der Waals surface area contributed by atoms with Crippen LogP contribution in [0.1, 0.15) is 18.4 Å². The van der Waals surface area contributed by atoms with Crippen molar-refractivity contribution < 1.29 is 4.74 Å². The first-order valence-electron chi connectivity index (χ1n) is 7.68. The number of guanidine groups is 1. The normalized spacial score (nSPS) is 16.9. The Bertz CT molecular complexity index is 455. The number of morpholine rings is 1. The predicted molar refractivity (Wildman–Crippen MR) is 87.8 cm³/mol. The Morgan fingerprint density at radius 1 is 1.33 bits per heavy atom. The van der Waals surface area contributed by atoms with Crippen LogP contribution < -0.4 is 11.1 Å². The van der Waals surface area contributed by atoms with Crippen LogP contribution in [0, 0.1) is 6.92 Å². The third kappa shape index (κ3) is 6.14. The molecule has 1 heterocycles. The van der Waals surface area contributed by atoms with E-state index in [-0.39, 0.29) is 0 Å². The highest BCUT2D eigenvalue weighted by atomic mass is 16.5. The lowest BCUT2D eigenvalue weighted by atomic mass is 10.2. The molecule has 0 atom stereocenters. The number of ether oxygens (including phenoxy) is 1. The molecule has 1 aromatic carbocycles. The molecule has 1 fully saturated rings. The maximum Gasteiger partial charge on any atom is 0.193 e. The summed E-state index contributed by atoms with van der Waals surface area (Å²) in [4.78, 5) is 6.82. The fraction of sp³-hybridized carbons (Fsp3) is 0.562. The number of anilines is 1. The Kier molecular flexibility index (Phi) is 6.50. The van der Waals surface area contributed by atoms with Gasteiger partial charge in [-0.2, -0.15) is 0 Å². The number of nitrogens with one attached hydrogen (secondary N) is 1. The highest BCUT2D eigenvalue weighted by Gasteiger charge is 2.08. The molecule has 116 valence electrons. The number of benzene rings is 1. The number of unbranched alkanes of at least 4 members (excludes halogenated alkanes) is 1. The zero-order valence-electron chi connectivity index (χ0n) is 12.8. The average molecular weight is 290 g/mol. The number of aryl methyl sites for hydroxylation is 1. The van der Waals surface area contributed by atoms with Crippen LogP contribution in [-0.4, -0.2) is 50.3 Å². The molecule has 0 aromatic heterocycles. The molecule has 0 amide bonds. The van der Waals surface area contributed by atoms with Crippen LogP contribution >= 0.6 is 0 Å². The molecule has 0 aliphatic carbocycles. The third-order valence-corrected chi connectivity index (χ3v) is 3.56. The molecule has 5 heteroatoms.